The third kappa shape index (κ3) is 4.24. The lowest BCUT2D eigenvalue weighted by molar-refractivity contribution is 0.193. The number of nitrogen functional groups attached to an aromatic ring is 1. The molecule has 1 fully saturated rings. The number of ether oxygens (including phenoxy) is 2. The number of aromatic nitrogens is 2. The molecule has 0 saturated carbocycles. The third-order valence-electron chi connectivity index (χ3n) is 3.61. The Morgan fingerprint density at radius 3 is 3.00 bits per heavy atom. The molecule has 1 aliphatic rings. The summed E-state index contributed by atoms with van der Waals surface area (Å²) in [5.41, 5.74) is 6.71. The molecule has 122 valence electrons. The van der Waals surface area contributed by atoms with E-state index in [1.165, 1.54) is 0 Å². The van der Waals surface area contributed by atoms with Gasteiger partial charge in [0.25, 0.3) is 0 Å². The number of anilines is 2. The number of nitrogens with one attached hydrogen (secondary N) is 1. The Kier molecular flexibility index (Phi) is 5.15. The second kappa shape index (κ2) is 7.48. The Balaban J connectivity index is 1.54. The number of para-hydroxylation sites is 1. The van der Waals surface area contributed by atoms with Gasteiger partial charge in [-0.1, -0.05) is 23.7 Å². The maximum absolute atomic E-state index is 6.04. The molecule has 1 saturated heterocycles. The van der Waals surface area contributed by atoms with E-state index in [1.54, 1.807) is 6.07 Å². The normalized spacial score (nSPS) is 17.2. The van der Waals surface area contributed by atoms with Crippen LogP contribution in [0.1, 0.15) is 18.0 Å². The van der Waals surface area contributed by atoms with E-state index in [0.717, 1.165) is 18.7 Å². The first-order valence-electron chi connectivity index (χ1n) is 7.56. The molecule has 1 aromatic heterocycles. The van der Waals surface area contributed by atoms with E-state index in [0.29, 0.717) is 42.3 Å². The highest BCUT2D eigenvalue weighted by Crippen LogP contribution is 2.25. The summed E-state index contributed by atoms with van der Waals surface area (Å²) in [5, 5.41) is 3.80. The lowest BCUT2D eigenvalue weighted by atomic mass is 10.0. The van der Waals surface area contributed by atoms with Gasteiger partial charge in [0.2, 0.25) is 5.95 Å². The van der Waals surface area contributed by atoms with Crippen LogP contribution in [0.2, 0.25) is 5.02 Å². The van der Waals surface area contributed by atoms with Gasteiger partial charge in [0.15, 0.2) is 0 Å². The Morgan fingerprint density at radius 1 is 1.35 bits per heavy atom. The predicted molar refractivity (Wildman–Crippen MR) is 90.1 cm³/mol. The first-order valence-corrected chi connectivity index (χ1v) is 7.93. The van der Waals surface area contributed by atoms with Gasteiger partial charge in [0.05, 0.1) is 23.9 Å². The van der Waals surface area contributed by atoms with Crippen LogP contribution in [0, 0.1) is 0 Å². The molecule has 23 heavy (non-hydrogen) atoms. The zero-order valence-electron chi connectivity index (χ0n) is 12.7. The van der Waals surface area contributed by atoms with E-state index >= 15 is 0 Å². The average Bonchev–Trinajstić information content (AvgIpc) is 3.07. The molecule has 2 heterocycles. The fourth-order valence-corrected chi connectivity index (χ4v) is 2.64. The zero-order chi connectivity index (χ0) is 16.1. The van der Waals surface area contributed by atoms with E-state index in [-0.39, 0.29) is 5.95 Å². The fourth-order valence-electron chi connectivity index (χ4n) is 2.45. The molecule has 1 aromatic carbocycles. The summed E-state index contributed by atoms with van der Waals surface area (Å²) in [4.78, 5) is 8.50. The predicted octanol–water partition coefficient (Wildman–Crippen LogP) is 2.71. The average molecular weight is 335 g/mol. The largest absolute Gasteiger partial charge is 0.490 e. The van der Waals surface area contributed by atoms with E-state index in [1.807, 2.05) is 24.3 Å². The van der Waals surface area contributed by atoms with Crippen molar-refractivity contribution in [2.24, 2.45) is 0 Å². The van der Waals surface area contributed by atoms with Crippen LogP contribution in [0.5, 0.6) is 5.75 Å². The van der Waals surface area contributed by atoms with Crippen LogP contribution >= 0.6 is 11.6 Å². The van der Waals surface area contributed by atoms with Crippen LogP contribution in [-0.4, -0.2) is 36.3 Å². The summed E-state index contributed by atoms with van der Waals surface area (Å²) in [6, 6.07) is 9.31. The number of nitrogens with two attached hydrogens (primary N) is 1. The zero-order valence-corrected chi connectivity index (χ0v) is 13.4. The molecule has 1 aliphatic heterocycles. The fraction of sp³-hybridized carbons (Fsp3) is 0.375. The topological polar surface area (TPSA) is 82.3 Å². The molecule has 1 atom stereocenters. The molecule has 2 aromatic rings. The highest BCUT2D eigenvalue weighted by atomic mass is 35.5. The van der Waals surface area contributed by atoms with E-state index in [4.69, 9.17) is 26.8 Å². The molecule has 7 heteroatoms. The smallest absolute Gasteiger partial charge is 0.222 e. The maximum atomic E-state index is 6.04. The molecule has 0 amide bonds. The Morgan fingerprint density at radius 2 is 2.22 bits per heavy atom. The second-order valence-electron chi connectivity index (χ2n) is 5.30. The van der Waals surface area contributed by atoms with Crippen molar-refractivity contribution in [1.29, 1.82) is 0 Å². The van der Waals surface area contributed by atoms with E-state index in [9.17, 15) is 0 Å². The molecule has 0 radical (unpaired) electrons. The first-order chi connectivity index (χ1) is 11.2. The molecule has 1 unspecified atom stereocenters. The molecule has 3 rings (SSSR count). The van der Waals surface area contributed by atoms with Gasteiger partial charge in [-0.3, -0.25) is 0 Å². The van der Waals surface area contributed by atoms with Crippen molar-refractivity contribution in [2.45, 2.75) is 12.3 Å². The summed E-state index contributed by atoms with van der Waals surface area (Å²) in [6.07, 6.45) is 0.964. The van der Waals surface area contributed by atoms with Crippen LogP contribution in [0.4, 0.5) is 11.8 Å². The minimum atomic E-state index is 0.268. The van der Waals surface area contributed by atoms with Crippen molar-refractivity contribution in [2.75, 3.05) is 37.4 Å². The molecule has 0 aliphatic carbocycles. The maximum Gasteiger partial charge on any atom is 0.222 e. The van der Waals surface area contributed by atoms with Gasteiger partial charge in [0.1, 0.15) is 18.2 Å². The molecule has 0 spiro atoms. The number of halogens is 1. The summed E-state index contributed by atoms with van der Waals surface area (Å²) in [6.45, 7) is 2.51. The molecular weight excluding hydrogens is 316 g/mol. The van der Waals surface area contributed by atoms with Crippen molar-refractivity contribution >= 4 is 23.4 Å². The van der Waals surface area contributed by atoms with Crippen molar-refractivity contribution in [3.05, 3.63) is 41.0 Å². The standard InChI is InChI=1S/C16H19ClN4O2/c17-12-3-1-2-4-14(12)23-8-6-19-15-9-13(20-16(18)21-15)11-5-7-22-10-11/h1-4,9,11H,5-8,10H2,(H3,18,19,20,21). The SMILES string of the molecule is Nc1nc(NCCOc2ccccc2Cl)cc(C2CCOC2)n1. The van der Waals surface area contributed by atoms with Gasteiger partial charge in [0, 0.05) is 18.6 Å². The van der Waals surface area contributed by atoms with Crippen molar-refractivity contribution < 1.29 is 9.47 Å². The van der Waals surface area contributed by atoms with E-state index < -0.39 is 0 Å². The van der Waals surface area contributed by atoms with Gasteiger partial charge in [-0.2, -0.15) is 4.98 Å². The summed E-state index contributed by atoms with van der Waals surface area (Å²) in [5.74, 6) is 1.92. The Bertz CT molecular complexity index is 662. The molecule has 3 N–H and O–H groups in total. The monoisotopic (exact) mass is 334 g/mol. The summed E-state index contributed by atoms with van der Waals surface area (Å²) >= 11 is 6.04. The lowest BCUT2D eigenvalue weighted by Gasteiger charge is -2.12. The van der Waals surface area contributed by atoms with Crippen LogP contribution in [0.15, 0.2) is 30.3 Å². The first kappa shape index (κ1) is 15.8. The summed E-state index contributed by atoms with van der Waals surface area (Å²) in [7, 11) is 0. The molecular formula is C16H19ClN4O2. The van der Waals surface area contributed by atoms with Gasteiger partial charge < -0.3 is 20.5 Å². The van der Waals surface area contributed by atoms with Gasteiger partial charge in [-0.05, 0) is 18.6 Å². The number of benzene rings is 1. The van der Waals surface area contributed by atoms with Crippen LogP contribution in [0.3, 0.4) is 0 Å². The number of nitrogens with zero attached hydrogens (tertiary/aromatic N) is 2. The quantitative estimate of drug-likeness (QED) is 0.790. The Labute approximate surface area is 140 Å². The highest BCUT2D eigenvalue weighted by Gasteiger charge is 2.20. The third-order valence-corrected chi connectivity index (χ3v) is 3.93. The van der Waals surface area contributed by atoms with Crippen molar-refractivity contribution in [1.82, 2.24) is 9.97 Å². The minimum Gasteiger partial charge on any atom is -0.490 e. The molecule has 0 bridgehead atoms. The number of hydrogen-bond acceptors (Lipinski definition) is 6. The van der Waals surface area contributed by atoms with Gasteiger partial charge in [-0.25, -0.2) is 4.98 Å². The number of hydrogen-bond donors (Lipinski definition) is 2. The second-order valence-corrected chi connectivity index (χ2v) is 5.71. The van der Waals surface area contributed by atoms with E-state index in [2.05, 4.69) is 15.3 Å². The van der Waals surface area contributed by atoms with Gasteiger partial charge in [-0.15, -0.1) is 0 Å². The van der Waals surface area contributed by atoms with Crippen LogP contribution in [0.25, 0.3) is 0 Å². The number of rotatable bonds is 6. The van der Waals surface area contributed by atoms with Crippen molar-refractivity contribution in [3.63, 3.8) is 0 Å². The minimum absolute atomic E-state index is 0.268. The summed E-state index contributed by atoms with van der Waals surface area (Å²) < 4.78 is 11.0. The van der Waals surface area contributed by atoms with Crippen molar-refractivity contribution in [3.8, 4) is 5.75 Å². The molecule has 6 nitrogen and oxygen atoms in total. The van der Waals surface area contributed by atoms with Crippen LogP contribution < -0.4 is 15.8 Å². The Hall–Kier alpha value is -2.05. The lowest BCUT2D eigenvalue weighted by Crippen LogP contribution is -2.14. The highest BCUT2D eigenvalue weighted by molar-refractivity contribution is 6.32. The van der Waals surface area contributed by atoms with Crippen LogP contribution in [-0.2, 0) is 4.74 Å². The van der Waals surface area contributed by atoms with Gasteiger partial charge >= 0.3 is 0 Å².